The Kier molecular flexibility index (Phi) is 7.54. The minimum atomic E-state index is -2.64. The number of carbonyl (C=O) groups is 4. The number of amides is 3. The molecule has 3 amide bonds. The van der Waals surface area contributed by atoms with E-state index < -0.39 is 63.8 Å². The summed E-state index contributed by atoms with van der Waals surface area (Å²) in [5.74, 6) is -6.90. The number of fused-ring (bicyclic) bond motifs is 3. The van der Waals surface area contributed by atoms with Crippen LogP contribution in [0.4, 0.5) is 21.9 Å². The number of benzene rings is 2. The molecule has 13 heteroatoms. The summed E-state index contributed by atoms with van der Waals surface area (Å²) in [6.07, 6.45) is -0.0875. The fourth-order valence-electron chi connectivity index (χ4n) is 6.45. The van der Waals surface area contributed by atoms with Crippen molar-refractivity contribution >= 4 is 40.6 Å². The van der Waals surface area contributed by atoms with Crippen LogP contribution in [0.1, 0.15) is 34.3 Å². The van der Waals surface area contributed by atoms with Gasteiger partial charge in [-0.15, -0.1) is 0 Å². The first-order chi connectivity index (χ1) is 20.7. The number of aromatic hydroxyl groups is 1. The van der Waals surface area contributed by atoms with E-state index in [1.54, 1.807) is 37.2 Å². The molecule has 3 atom stereocenters. The Morgan fingerprint density at radius 2 is 1.68 bits per heavy atom. The van der Waals surface area contributed by atoms with Gasteiger partial charge in [0.1, 0.15) is 22.8 Å². The lowest BCUT2D eigenvalue weighted by molar-refractivity contribution is -0.144. The number of anilines is 3. The van der Waals surface area contributed by atoms with E-state index in [0.717, 1.165) is 5.69 Å². The minimum Gasteiger partial charge on any atom is -0.511 e. The van der Waals surface area contributed by atoms with Gasteiger partial charge in [0.15, 0.2) is 11.4 Å². The molecule has 0 saturated carbocycles. The molecule has 0 heterocycles. The third-order valence-corrected chi connectivity index (χ3v) is 8.68. The summed E-state index contributed by atoms with van der Waals surface area (Å²) in [5, 5.41) is 49.8. The summed E-state index contributed by atoms with van der Waals surface area (Å²) < 4.78 is 0. The number of carbonyl (C=O) groups excluding carboxylic acids is 4. The van der Waals surface area contributed by atoms with Crippen molar-refractivity contribution < 1.29 is 39.6 Å². The van der Waals surface area contributed by atoms with E-state index in [1.807, 2.05) is 31.1 Å². The Morgan fingerprint density at radius 3 is 2.27 bits per heavy atom. The molecule has 232 valence electrons. The number of hydrogen-bond acceptors (Lipinski definition) is 10. The molecule has 44 heavy (non-hydrogen) atoms. The van der Waals surface area contributed by atoms with Gasteiger partial charge in [-0.3, -0.25) is 14.4 Å². The molecule has 13 nitrogen and oxygen atoms in total. The lowest BCUT2D eigenvalue weighted by atomic mass is 9.60. The van der Waals surface area contributed by atoms with Crippen molar-refractivity contribution in [3.8, 4) is 5.75 Å². The number of ketones is 2. The van der Waals surface area contributed by atoms with Gasteiger partial charge in [0, 0.05) is 75.3 Å². The predicted octanol–water partition coefficient (Wildman–Crippen LogP) is 2.03. The summed E-state index contributed by atoms with van der Waals surface area (Å²) in [5.41, 5.74) is 4.25. The highest BCUT2D eigenvalue weighted by Crippen LogP contribution is 2.52. The van der Waals surface area contributed by atoms with Gasteiger partial charge in [-0.05, 0) is 54.7 Å². The van der Waals surface area contributed by atoms with E-state index in [4.69, 9.17) is 5.73 Å². The Morgan fingerprint density at radius 1 is 1.02 bits per heavy atom. The van der Waals surface area contributed by atoms with Crippen LogP contribution in [0.5, 0.6) is 5.75 Å². The van der Waals surface area contributed by atoms with E-state index in [2.05, 4.69) is 10.6 Å². The van der Waals surface area contributed by atoms with Crippen molar-refractivity contribution in [3.63, 3.8) is 0 Å². The Labute approximate surface area is 253 Å². The van der Waals surface area contributed by atoms with Crippen molar-refractivity contribution in [2.45, 2.75) is 31.4 Å². The maximum Gasteiger partial charge on any atom is 0.319 e. The average Bonchev–Trinajstić information content (AvgIpc) is 2.94. The van der Waals surface area contributed by atoms with Gasteiger partial charge in [-0.25, -0.2) is 4.79 Å². The summed E-state index contributed by atoms with van der Waals surface area (Å²) >= 11 is 0. The third kappa shape index (κ3) is 4.78. The first-order valence-electron chi connectivity index (χ1n) is 14.0. The molecule has 2 aromatic rings. The number of phenolic OH excluding ortho intramolecular Hbond substituents is 1. The molecule has 0 radical (unpaired) electrons. The van der Waals surface area contributed by atoms with Crippen LogP contribution in [0.25, 0.3) is 0 Å². The molecule has 1 unspecified atom stereocenters. The van der Waals surface area contributed by atoms with Gasteiger partial charge < -0.3 is 46.6 Å². The van der Waals surface area contributed by atoms with Crippen LogP contribution in [-0.2, 0) is 22.6 Å². The number of nitrogens with two attached hydrogens (primary N) is 1. The van der Waals surface area contributed by atoms with Gasteiger partial charge >= 0.3 is 6.03 Å². The molecule has 0 saturated heterocycles. The molecular weight excluding hydrogens is 570 g/mol. The molecule has 0 bridgehead atoms. The standard InChI is InChI=1S/C31H35N5O8/c1-35(2)18-7-5-17(6-8-18)34-30(43)33-13-15-11-20(36(3)4)19-10-14-9-16-12-21(37)24(29(32)42)28(41)31(16,44)27(40)22(14)26(39)23(19)25(15)38/h5-8,11,14,16,37-38,40,44H,9-10,12-13H2,1-4H3,(H2,32,42)(H2,33,34,43)/t14?,16-,31-/m0/s1. The normalized spacial score (nSPS) is 22.6. The molecule has 0 aliphatic heterocycles. The second-order valence-corrected chi connectivity index (χ2v) is 11.8. The number of aliphatic hydroxyl groups is 3. The number of allylic oxidation sites excluding steroid dienone is 2. The Bertz CT molecular complexity index is 1660. The number of rotatable bonds is 6. The predicted molar refractivity (Wildman–Crippen MR) is 162 cm³/mol. The molecule has 5 rings (SSSR count). The number of nitrogens with one attached hydrogen (secondary N) is 2. The highest BCUT2D eigenvalue weighted by atomic mass is 16.3. The van der Waals surface area contributed by atoms with Crippen LogP contribution < -0.4 is 26.2 Å². The fourth-order valence-corrected chi connectivity index (χ4v) is 6.45. The average molecular weight is 606 g/mol. The monoisotopic (exact) mass is 605 g/mol. The van der Waals surface area contributed by atoms with Gasteiger partial charge in [-0.1, -0.05) is 0 Å². The number of urea groups is 1. The van der Waals surface area contributed by atoms with Crippen molar-refractivity contribution in [1.82, 2.24) is 5.32 Å². The van der Waals surface area contributed by atoms with E-state index in [9.17, 15) is 39.6 Å². The largest absolute Gasteiger partial charge is 0.511 e. The summed E-state index contributed by atoms with van der Waals surface area (Å²) in [4.78, 5) is 55.4. The maximum absolute atomic E-state index is 14.0. The number of phenols is 1. The number of aliphatic hydroxyl groups excluding tert-OH is 2. The Hall–Kier alpha value is -5.04. The zero-order valence-corrected chi connectivity index (χ0v) is 24.8. The summed E-state index contributed by atoms with van der Waals surface area (Å²) in [7, 11) is 7.32. The van der Waals surface area contributed by atoms with Gasteiger partial charge in [0.2, 0.25) is 5.78 Å². The molecule has 0 aromatic heterocycles. The smallest absolute Gasteiger partial charge is 0.319 e. The first-order valence-corrected chi connectivity index (χ1v) is 14.0. The van der Waals surface area contributed by atoms with Crippen molar-refractivity contribution in [2.75, 3.05) is 43.3 Å². The van der Waals surface area contributed by atoms with Crippen LogP contribution in [0, 0.1) is 11.8 Å². The van der Waals surface area contributed by atoms with E-state index in [1.165, 1.54) is 0 Å². The molecule has 3 aliphatic rings. The minimum absolute atomic E-state index is 0.0372. The SMILES string of the molecule is CN(C)c1ccc(NC(=O)NCc2cc(N(C)C)c3c(c2O)C(=O)C2=C(O)[C@]4(O)C(=O)C(C(N)=O)=C(O)C[C@@H]4CC2C3)cc1. The second kappa shape index (κ2) is 10.9. The fraction of sp³-hybridized carbons (Fsp3) is 0.355. The van der Waals surface area contributed by atoms with Crippen LogP contribution in [0.15, 0.2) is 53.0 Å². The van der Waals surface area contributed by atoms with Gasteiger partial charge in [-0.2, -0.15) is 0 Å². The maximum atomic E-state index is 14.0. The van der Waals surface area contributed by atoms with E-state index >= 15 is 0 Å². The summed E-state index contributed by atoms with van der Waals surface area (Å²) in [6, 6.07) is 8.29. The highest BCUT2D eigenvalue weighted by Gasteiger charge is 2.59. The summed E-state index contributed by atoms with van der Waals surface area (Å²) in [6.45, 7) is -0.153. The van der Waals surface area contributed by atoms with E-state index in [-0.39, 0.29) is 42.5 Å². The number of hydrogen-bond donors (Lipinski definition) is 7. The Balaban J connectivity index is 1.48. The van der Waals surface area contributed by atoms with Crippen molar-refractivity contribution in [3.05, 3.63) is 69.7 Å². The lowest BCUT2D eigenvalue weighted by Gasteiger charge is -2.46. The highest BCUT2D eigenvalue weighted by molar-refractivity contribution is 6.24. The van der Waals surface area contributed by atoms with Gasteiger partial charge in [0.05, 0.1) is 5.56 Å². The number of nitrogens with zero attached hydrogens (tertiary/aromatic N) is 2. The zero-order chi connectivity index (χ0) is 32.2. The molecule has 3 aliphatic carbocycles. The molecule has 0 spiro atoms. The number of primary amides is 1. The third-order valence-electron chi connectivity index (χ3n) is 8.68. The lowest BCUT2D eigenvalue weighted by Crippen LogP contribution is -2.57. The first kappa shape index (κ1) is 30.4. The molecule has 8 N–H and O–H groups in total. The second-order valence-electron chi connectivity index (χ2n) is 11.8. The van der Waals surface area contributed by atoms with Crippen LogP contribution >= 0.6 is 0 Å². The molecule has 2 aromatic carbocycles. The van der Waals surface area contributed by atoms with Crippen LogP contribution in [0.3, 0.4) is 0 Å². The topological polar surface area (TPSA) is 206 Å². The number of Topliss-reactive ketones (excluding diaryl/α,β-unsaturated/α-hetero) is 2. The van der Waals surface area contributed by atoms with Crippen molar-refractivity contribution in [1.29, 1.82) is 0 Å². The van der Waals surface area contributed by atoms with Crippen LogP contribution in [0.2, 0.25) is 0 Å². The van der Waals surface area contributed by atoms with E-state index in [0.29, 0.717) is 16.9 Å². The van der Waals surface area contributed by atoms with Crippen molar-refractivity contribution in [2.24, 2.45) is 17.6 Å². The van der Waals surface area contributed by atoms with Gasteiger partial charge in [0.25, 0.3) is 5.91 Å². The quantitative estimate of drug-likeness (QED) is 0.239. The zero-order valence-electron chi connectivity index (χ0n) is 24.8. The molecule has 0 fully saturated rings. The molecular formula is C31H35N5O8. The van der Waals surface area contributed by atoms with Crippen LogP contribution in [-0.4, -0.2) is 77.7 Å².